The lowest BCUT2D eigenvalue weighted by Gasteiger charge is -2.38. The maximum absolute atomic E-state index is 13.1. The minimum absolute atomic E-state index is 0.0663. The molecule has 0 amide bonds. The van der Waals surface area contributed by atoms with Gasteiger partial charge in [-0.25, -0.2) is 4.68 Å². The molecule has 1 aromatic heterocycles. The van der Waals surface area contributed by atoms with E-state index in [1.54, 1.807) is 4.68 Å². The van der Waals surface area contributed by atoms with Crippen LogP contribution < -0.4 is 10.1 Å². The predicted octanol–water partition coefficient (Wildman–Crippen LogP) is 4.82. The van der Waals surface area contributed by atoms with Crippen molar-refractivity contribution in [2.75, 3.05) is 5.32 Å². The van der Waals surface area contributed by atoms with Crippen LogP contribution >= 0.6 is 0 Å². The van der Waals surface area contributed by atoms with Gasteiger partial charge in [0.1, 0.15) is 24.7 Å². The SMILES string of the molecule is Cc1cccc(COc2ccc(C3C4=C(CC(C)(C)CC4=O)Nc4ncnn43)cc2)c1. The van der Waals surface area contributed by atoms with Gasteiger partial charge in [-0.1, -0.05) is 55.8 Å². The summed E-state index contributed by atoms with van der Waals surface area (Å²) in [5, 5.41) is 7.75. The summed E-state index contributed by atoms with van der Waals surface area (Å²) in [5.74, 6) is 1.64. The van der Waals surface area contributed by atoms with E-state index >= 15 is 0 Å². The first-order valence-corrected chi connectivity index (χ1v) is 10.6. The fraction of sp³-hybridized carbons (Fsp3) is 0.320. The molecule has 1 aliphatic heterocycles. The Morgan fingerprint density at radius 3 is 2.74 bits per heavy atom. The number of carbonyl (C=O) groups is 1. The fourth-order valence-electron chi connectivity index (χ4n) is 4.57. The third kappa shape index (κ3) is 3.74. The number of benzene rings is 2. The van der Waals surface area contributed by atoms with Gasteiger partial charge in [0.05, 0.1) is 0 Å². The van der Waals surface area contributed by atoms with Gasteiger partial charge in [0.2, 0.25) is 5.95 Å². The molecule has 2 aromatic carbocycles. The standard InChI is InChI=1S/C25H26N4O2/c1-16-5-4-6-17(11-16)14-31-19-9-7-18(8-10-19)23-22-20(12-25(2,3)13-21(22)30)28-24-26-15-27-29(23)24/h4-11,15,23H,12-14H2,1-3H3,(H,26,27,28). The summed E-state index contributed by atoms with van der Waals surface area (Å²) in [6.07, 6.45) is 2.88. The Bertz CT molecular complexity index is 1170. The molecule has 0 spiro atoms. The molecule has 1 aliphatic carbocycles. The van der Waals surface area contributed by atoms with Gasteiger partial charge in [-0.3, -0.25) is 4.79 Å². The van der Waals surface area contributed by atoms with E-state index < -0.39 is 0 Å². The summed E-state index contributed by atoms with van der Waals surface area (Å²) in [4.78, 5) is 17.5. The van der Waals surface area contributed by atoms with Gasteiger partial charge in [0.15, 0.2) is 5.78 Å². The van der Waals surface area contributed by atoms with Gasteiger partial charge in [0, 0.05) is 17.7 Å². The Morgan fingerprint density at radius 1 is 1.16 bits per heavy atom. The van der Waals surface area contributed by atoms with Gasteiger partial charge in [-0.2, -0.15) is 10.1 Å². The molecule has 2 heterocycles. The molecule has 0 fully saturated rings. The van der Waals surface area contributed by atoms with Crippen molar-refractivity contribution >= 4 is 11.7 Å². The molecule has 6 heteroatoms. The Balaban J connectivity index is 1.43. The van der Waals surface area contributed by atoms with Crippen LogP contribution in [0, 0.1) is 12.3 Å². The lowest BCUT2D eigenvalue weighted by atomic mass is 9.73. The minimum Gasteiger partial charge on any atom is -0.489 e. The van der Waals surface area contributed by atoms with Gasteiger partial charge in [0.25, 0.3) is 0 Å². The van der Waals surface area contributed by atoms with Crippen molar-refractivity contribution in [3.05, 3.63) is 82.8 Å². The smallest absolute Gasteiger partial charge is 0.226 e. The molecule has 1 unspecified atom stereocenters. The molecule has 0 bridgehead atoms. The lowest BCUT2D eigenvalue weighted by molar-refractivity contribution is -0.118. The van der Waals surface area contributed by atoms with E-state index in [0.717, 1.165) is 34.6 Å². The second kappa shape index (κ2) is 7.38. The highest BCUT2D eigenvalue weighted by atomic mass is 16.5. The second-order valence-corrected chi connectivity index (χ2v) is 9.24. The van der Waals surface area contributed by atoms with Crippen LogP contribution in [0.15, 0.2) is 66.1 Å². The average molecular weight is 415 g/mol. The molecule has 6 nitrogen and oxygen atoms in total. The van der Waals surface area contributed by atoms with Crippen molar-refractivity contribution in [2.24, 2.45) is 5.41 Å². The van der Waals surface area contributed by atoms with Crippen molar-refractivity contribution in [1.82, 2.24) is 14.8 Å². The molecule has 0 radical (unpaired) electrons. The molecule has 5 rings (SSSR count). The highest BCUT2D eigenvalue weighted by molar-refractivity contribution is 6.00. The number of hydrogen-bond acceptors (Lipinski definition) is 5. The van der Waals surface area contributed by atoms with Crippen LogP contribution in [0.3, 0.4) is 0 Å². The molecule has 0 saturated heterocycles. The minimum atomic E-state index is -0.275. The van der Waals surface area contributed by atoms with Crippen LogP contribution in [-0.2, 0) is 11.4 Å². The summed E-state index contributed by atoms with van der Waals surface area (Å²) in [6, 6.07) is 16.0. The zero-order valence-corrected chi connectivity index (χ0v) is 18.1. The summed E-state index contributed by atoms with van der Waals surface area (Å²) < 4.78 is 7.78. The van der Waals surface area contributed by atoms with Crippen LogP contribution in [0.25, 0.3) is 0 Å². The number of rotatable bonds is 4. The highest BCUT2D eigenvalue weighted by Crippen LogP contribution is 2.45. The van der Waals surface area contributed by atoms with Crippen LogP contribution in [0.2, 0.25) is 0 Å². The van der Waals surface area contributed by atoms with E-state index in [-0.39, 0.29) is 17.2 Å². The molecule has 1 N–H and O–H groups in total. The summed E-state index contributed by atoms with van der Waals surface area (Å²) in [5.41, 5.74) is 5.05. The lowest BCUT2D eigenvalue weighted by Crippen LogP contribution is -2.36. The zero-order valence-electron chi connectivity index (χ0n) is 18.1. The Morgan fingerprint density at radius 2 is 1.97 bits per heavy atom. The molecule has 3 aromatic rings. The van der Waals surface area contributed by atoms with Crippen molar-refractivity contribution in [1.29, 1.82) is 0 Å². The van der Waals surface area contributed by atoms with Crippen molar-refractivity contribution in [3.8, 4) is 5.75 Å². The average Bonchev–Trinajstić information content (AvgIpc) is 3.18. The number of fused-ring (bicyclic) bond motifs is 1. The van der Waals surface area contributed by atoms with Crippen molar-refractivity contribution < 1.29 is 9.53 Å². The number of anilines is 1. The predicted molar refractivity (Wildman–Crippen MR) is 119 cm³/mol. The molecular weight excluding hydrogens is 388 g/mol. The van der Waals surface area contributed by atoms with E-state index in [0.29, 0.717) is 19.0 Å². The van der Waals surface area contributed by atoms with Crippen LogP contribution in [0.1, 0.15) is 49.4 Å². The van der Waals surface area contributed by atoms with Crippen LogP contribution in [0.5, 0.6) is 5.75 Å². The quantitative estimate of drug-likeness (QED) is 0.663. The number of Topliss-reactive ketones (excluding diaryl/α,β-unsaturated/α-hetero) is 1. The number of carbonyl (C=O) groups excluding carboxylic acids is 1. The number of nitrogens with zero attached hydrogens (tertiary/aromatic N) is 3. The maximum Gasteiger partial charge on any atom is 0.226 e. The number of hydrogen-bond donors (Lipinski definition) is 1. The number of nitrogens with one attached hydrogen (secondary N) is 1. The van der Waals surface area contributed by atoms with Crippen LogP contribution in [0.4, 0.5) is 5.95 Å². The van der Waals surface area contributed by atoms with Gasteiger partial charge in [-0.15, -0.1) is 0 Å². The zero-order chi connectivity index (χ0) is 21.6. The molecule has 158 valence electrons. The van der Waals surface area contributed by atoms with E-state index in [4.69, 9.17) is 4.74 Å². The maximum atomic E-state index is 13.1. The number of ether oxygens (including phenoxy) is 1. The summed E-state index contributed by atoms with van der Waals surface area (Å²) >= 11 is 0. The van der Waals surface area contributed by atoms with E-state index in [1.165, 1.54) is 11.9 Å². The fourth-order valence-corrected chi connectivity index (χ4v) is 4.57. The third-order valence-corrected chi connectivity index (χ3v) is 5.96. The van der Waals surface area contributed by atoms with Gasteiger partial charge >= 0.3 is 0 Å². The topological polar surface area (TPSA) is 69.0 Å². The monoisotopic (exact) mass is 414 g/mol. The number of aryl methyl sites for hydroxylation is 1. The van der Waals surface area contributed by atoms with Crippen LogP contribution in [-0.4, -0.2) is 20.5 Å². The van der Waals surface area contributed by atoms with E-state index in [9.17, 15) is 4.79 Å². The first kappa shape index (κ1) is 19.5. The Hall–Kier alpha value is -3.41. The van der Waals surface area contributed by atoms with E-state index in [1.807, 2.05) is 30.3 Å². The number of aromatic nitrogens is 3. The highest BCUT2D eigenvalue weighted by Gasteiger charge is 2.41. The summed E-state index contributed by atoms with van der Waals surface area (Å²) in [7, 11) is 0. The molecule has 0 saturated carbocycles. The van der Waals surface area contributed by atoms with E-state index in [2.05, 4.69) is 54.4 Å². The van der Waals surface area contributed by atoms with Crippen molar-refractivity contribution in [3.63, 3.8) is 0 Å². The third-order valence-electron chi connectivity index (χ3n) is 5.96. The number of allylic oxidation sites excluding steroid dienone is 2. The molecule has 31 heavy (non-hydrogen) atoms. The number of ketones is 1. The first-order valence-electron chi connectivity index (χ1n) is 10.6. The van der Waals surface area contributed by atoms with Gasteiger partial charge < -0.3 is 10.1 Å². The first-order chi connectivity index (χ1) is 14.9. The normalized spacial score (nSPS) is 19.5. The molecular formula is C25H26N4O2. The second-order valence-electron chi connectivity index (χ2n) is 9.24. The Labute approximate surface area is 182 Å². The largest absolute Gasteiger partial charge is 0.489 e. The molecule has 1 atom stereocenters. The van der Waals surface area contributed by atoms with Crippen molar-refractivity contribution in [2.45, 2.75) is 46.3 Å². The Kier molecular flexibility index (Phi) is 4.65. The van der Waals surface area contributed by atoms with Gasteiger partial charge in [-0.05, 0) is 42.0 Å². The molecule has 2 aliphatic rings. The summed E-state index contributed by atoms with van der Waals surface area (Å²) in [6.45, 7) is 6.85.